The second kappa shape index (κ2) is 30.1. The van der Waals surface area contributed by atoms with Crippen LogP contribution in [0.4, 0.5) is 0 Å². The molecule has 6 unspecified atom stereocenters. The maximum absolute atomic E-state index is 14.8. The molecular weight excluding hydrogens is 1140 g/mol. The van der Waals surface area contributed by atoms with E-state index in [4.69, 9.17) is 4.74 Å². The Balaban J connectivity index is 1.23. The summed E-state index contributed by atoms with van der Waals surface area (Å²) in [5.74, 6) is -8.06. The van der Waals surface area contributed by atoms with Gasteiger partial charge in [0.15, 0.2) is 0 Å². The second-order valence-electron chi connectivity index (χ2n) is 24.3. The minimum atomic E-state index is -2.28. The molecule has 0 aliphatic carbocycles. The lowest BCUT2D eigenvalue weighted by Gasteiger charge is -2.34. The van der Waals surface area contributed by atoms with Crippen LogP contribution in [0, 0.1) is 5.92 Å². The number of ether oxygens (including phenoxy) is 1. The van der Waals surface area contributed by atoms with Gasteiger partial charge in [0.05, 0.1) is 64.8 Å². The number of unbranched alkanes of at least 4 members (excludes halogenated alkanes) is 2. The predicted octanol–water partition coefficient (Wildman–Crippen LogP) is -0.624. The third kappa shape index (κ3) is 17.2. The molecule has 25 heteroatoms. The molecule has 7 rings (SSSR count). The van der Waals surface area contributed by atoms with Gasteiger partial charge < -0.3 is 86.5 Å². The fourth-order valence-corrected chi connectivity index (χ4v) is 11.0. The predicted molar refractivity (Wildman–Crippen MR) is 322 cm³/mol. The number of carbonyl (C=O) groups excluding carboxylic acids is 7. The molecule has 0 spiro atoms. The van der Waals surface area contributed by atoms with Gasteiger partial charge in [0, 0.05) is 44.0 Å². The van der Waals surface area contributed by atoms with Gasteiger partial charge in [-0.05, 0) is 84.5 Å². The van der Waals surface area contributed by atoms with Crippen LogP contribution in [0.15, 0.2) is 97.1 Å². The lowest BCUT2D eigenvalue weighted by atomic mass is 9.96. The van der Waals surface area contributed by atoms with E-state index in [1.807, 2.05) is 69.7 Å². The molecule has 7 amide bonds. The van der Waals surface area contributed by atoms with Gasteiger partial charge in [0.2, 0.25) is 35.4 Å². The van der Waals surface area contributed by atoms with Gasteiger partial charge in [-0.3, -0.25) is 38.9 Å². The van der Waals surface area contributed by atoms with Crippen LogP contribution in [0.2, 0.25) is 0 Å². The number of carbonyl (C=O) groups is 7. The molecule has 3 aliphatic rings. The van der Waals surface area contributed by atoms with Crippen LogP contribution < -0.4 is 36.6 Å². The topological polar surface area (TPSA) is 369 Å². The SMILES string of the molecule is CCCCCOc1ccc(-c2ccc(-c3ccc(C(=O)N[C@@H]4C[C@@H](O)C(NCC[N+](C)(C)C)NC(=O)C5[C@@H](O)[C@@H](C)CN5C(=O)C([C@@H](C)O)NC(=O)C([C@H](O)[C@@H](O)c5ccc(O)cc5)NC(=O)C5C[C@@H](O)CN5C(=O)C([C@@H](C)O)NC4=O)cc3)cc2)cc1. The number of phenols is 1. The number of phenolic OH excluding ortho intramolecular Hbond substituents is 1. The number of benzene rings is 4. The Bertz CT molecular complexity index is 3040. The third-order valence-corrected chi connectivity index (χ3v) is 16.2. The lowest BCUT2D eigenvalue weighted by Crippen LogP contribution is -2.64. The van der Waals surface area contributed by atoms with E-state index in [1.54, 1.807) is 12.1 Å². The van der Waals surface area contributed by atoms with Crippen LogP contribution in [0.3, 0.4) is 0 Å². The van der Waals surface area contributed by atoms with Gasteiger partial charge in [0.25, 0.3) is 5.91 Å². The van der Waals surface area contributed by atoms with E-state index in [9.17, 15) is 74.4 Å². The van der Waals surface area contributed by atoms with Gasteiger partial charge >= 0.3 is 0 Å². The number of aromatic hydroxyl groups is 1. The summed E-state index contributed by atoms with van der Waals surface area (Å²) in [7, 11) is 5.64. The molecule has 25 nitrogen and oxygen atoms in total. The van der Waals surface area contributed by atoms with Crippen molar-refractivity contribution in [3.05, 3.63) is 108 Å². The van der Waals surface area contributed by atoms with Gasteiger partial charge in [-0.1, -0.05) is 87.4 Å². The summed E-state index contributed by atoms with van der Waals surface area (Å²) in [6, 6.07) is 15.5. The summed E-state index contributed by atoms with van der Waals surface area (Å²) in [4.78, 5) is 104. The molecule has 15 atom stereocenters. The number of aliphatic hydroxyl groups is 7. The van der Waals surface area contributed by atoms with E-state index in [-0.39, 0.29) is 30.0 Å². The average Bonchev–Trinajstić information content (AvgIpc) is 2.08. The fraction of sp³-hybridized carbons (Fsp3) is 0.508. The first-order chi connectivity index (χ1) is 41.6. The van der Waals surface area contributed by atoms with Crippen molar-refractivity contribution in [2.45, 2.75) is 145 Å². The molecule has 3 aliphatic heterocycles. The quantitative estimate of drug-likeness (QED) is 0.0436. The number of nitrogens with one attached hydrogen (secondary N) is 6. The first-order valence-electron chi connectivity index (χ1n) is 29.8. The molecule has 3 saturated heterocycles. The van der Waals surface area contributed by atoms with Crippen molar-refractivity contribution in [2.75, 3.05) is 53.9 Å². The minimum absolute atomic E-state index is 0.0578. The van der Waals surface area contributed by atoms with Crippen molar-refractivity contribution < 1.29 is 83.6 Å². The lowest BCUT2D eigenvalue weighted by molar-refractivity contribution is -0.869. The molecule has 0 saturated carbocycles. The number of hydrogen-bond donors (Lipinski definition) is 14. The van der Waals surface area contributed by atoms with E-state index < -0.39 is 152 Å². The average molecular weight is 1230 g/mol. The zero-order chi connectivity index (χ0) is 64.3. The van der Waals surface area contributed by atoms with E-state index in [0.717, 1.165) is 70.9 Å². The van der Waals surface area contributed by atoms with Crippen molar-refractivity contribution in [3.63, 3.8) is 0 Å². The Morgan fingerprint density at radius 1 is 0.659 bits per heavy atom. The number of likely N-dealkylation sites (N-methyl/N-ethyl adjacent to an activating group) is 1. The smallest absolute Gasteiger partial charge is 0.251 e. The van der Waals surface area contributed by atoms with Crippen molar-refractivity contribution in [1.29, 1.82) is 0 Å². The largest absolute Gasteiger partial charge is 0.508 e. The Labute approximate surface area is 511 Å². The highest BCUT2D eigenvalue weighted by Gasteiger charge is 2.50. The van der Waals surface area contributed by atoms with E-state index in [1.165, 1.54) is 43.3 Å². The van der Waals surface area contributed by atoms with E-state index >= 15 is 0 Å². The first kappa shape index (κ1) is 67.9. The molecule has 478 valence electrons. The number of quaternary nitrogens is 1. The number of hydrogen-bond acceptors (Lipinski definition) is 17. The number of nitrogens with zero attached hydrogens (tertiary/aromatic N) is 3. The normalized spacial score (nSPS) is 26.7. The Kier molecular flexibility index (Phi) is 23.2. The molecule has 0 aromatic heterocycles. The molecule has 14 N–H and O–H groups in total. The minimum Gasteiger partial charge on any atom is -0.508 e. The van der Waals surface area contributed by atoms with Crippen LogP contribution >= 0.6 is 0 Å². The summed E-state index contributed by atoms with van der Waals surface area (Å²) in [5, 5.41) is 106. The Morgan fingerprint density at radius 3 is 1.75 bits per heavy atom. The van der Waals surface area contributed by atoms with Gasteiger partial charge in [0.1, 0.15) is 66.1 Å². The zero-order valence-electron chi connectivity index (χ0n) is 50.7. The van der Waals surface area contributed by atoms with Crippen molar-refractivity contribution in [1.82, 2.24) is 41.7 Å². The number of aliphatic hydroxyl groups excluding tert-OH is 7. The van der Waals surface area contributed by atoms with Crippen LogP contribution in [0.25, 0.3) is 22.3 Å². The number of fused-ring (bicyclic) bond motifs is 2. The molecular formula is C63H86N9O16+. The van der Waals surface area contributed by atoms with Crippen LogP contribution in [-0.4, -0.2) is 229 Å². The molecule has 4 aromatic rings. The summed E-state index contributed by atoms with van der Waals surface area (Å²) in [6.07, 6.45) is -12.1. The summed E-state index contributed by atoms with van der Waals surface area (Å²) < 4.78 is 6.26. The maximum atomic E-state index is 14.8. The molecule has 88 heavy (non-hydrogen) atoms. The van der Waals surface area contributed by atoms with Crippen molar-refractivity contribution in [2.24, 2.45) is 5.92 Å². The van der Waals surface area contributed by atoms with Crippen molar-refractivity contribution >= 4 is 41.4 Å². The van der Waals surface area contributed by atoms with Gasteiger partial charge in [-0.15, -0.1) is 0 Å². The second-order valence-corrected chi connectivity index (χ2v) is 24.3. The Morgan fingerprint density at radius 2 is 1.19 bits per heavy atom. The highest BCUT2D eigenvalue weighted by Crippen LogP contribution is 2.30. The third-order valence-electron chi connectivity index (χ3n) is 16.2. The molecule has 3 fully saturated rings. The molecule has 4 aromatic carbocycles. The highest BCUT2D eigenvalue weighted by molar-refractivity contribution is 6.00. The van der Waals surface area contributed by atoms with E-state index in [0.29, 0.717) is 17.6 Å². The highest BCUT2D eigenvalue weighted by atomic mass is 16.5. The maximum Gasteiger partial charge on any atom is 0.251 e. The van der Waals surface area contributed by atoms with Crippen LogP contribution in [-0.2, 0) is 28.8 Å². The van der Waals surface area contributed by atoms with Crippen LogP contribution in [0.1, 0.15) is 81.8 Å². The fourth-order valence-electron chi connectivity index (χ4n) is 11.0. The number of amides is 7. The Hall–Kier alpha value is -7.59. The standard InChI is InChI=1S/C63H85N9O16/c1-8-9-10-29-88-45-25-21-40(22-26-45)38-13-11-37(12-14-38)39-15-17-42(18-16-39)57(81)65-46-31-48(77)56(64-27-28-72(5,6)7)69-61(85)52-53(78)34(2)32-71(52)63(87)50(36(4)74)67-60(84)51(55(80)54(79)41-19-23-43(75)24-20-41)68-59(83)47-30-44(76)33-70(47)62(86)49(35(3)73)66-58(46)82/h11-26,34-36,44,46-56,64,73-74,76-80H,8-10,27-33H2,1-7H3,(H5-,65,66,67,68,69,75,81,82,83,84,85)/p+1/t34-,35+,36+,44+,46+,47?,48+,49?,50?,51?,52?,53-,54-,55-,56?/m0/s1. The van der Waals surface area contributed by atoms with Crippen molar-refractivity contribution in [3.8, 4) is 33.8 Å². The number of rotatable bonds is 18. The van der Waals surface area contributed by atoms with Gasteiger partial charge in [-0.2, -0.15) is 0 Å². The van der Waals surface area contributed by atoms with Gasteiger partial charge in [-0.25, -0.2) is 0 Å². The molecule has 0 bridgehead atoms. The van der Waals surface area contributed by atoms with Crippen LogP contribution in [0.5, 0.6) is 11.5 Å². The molecule has 3 heterocycles. The monoisotopic (exact) mass is 1220 g/mol. The summed E-state index contributed by atoms with van der Waals surface area (Å²) in [5.41, 5.74) is 3.52. The zero-order valence-corrected chi connectivity index (χ0v) is 50.7. The molecule has 0 radical (unpaired) electrons. The summed E-state index contributed by atoms with van der Waals surface area (Å²) in [6.45, 7) is 6.23. The first-order valence-corrected chi connectivity index (χ1v) is 29.8. The summed E-state index contributed by atoms with van der Waals surface area (Å²) >= 11 is 0. The van der Waals surface area contributed by atoms with E-state index in [2.05, 4.69) is 38.8 Å².